The monoisotopic (exact) mass is 473 g/mol. The summed E-state index contributed by atoms with van der Waals surface area (Å²) in [5.74, 6) is -0.435. The lowest BCUT2D eigenvalue weighted by atomic mass is 9.95. The number of aryl methyl sites for hydroxylation is 1. The molecule has 9 heteroatoms. The Morgan fingerprint density at radius 3 is 2.39 bits per heavy atom. The zero-order valence-electron chi connectivity index (χ0n) is 19.0. The highest BCUT2D eigenvalue weighted by Crippen LogP contribution is 2.27. The molecule has 1 aliphatic carbocycles. The molecule has 2 amide bonds. The van der Waals surface area contributed by atoms with Gasteiger partial charge in [-0.3, -0.25) is 14.3 Å². The number of ether oxygens (including phenoxy) is 1. The summed E-state index contributed by atoms with van der Waals surface area (Å²) in [6.45, 7) is 2.07. The van der Waals surface area contributed by atoms with Crippen LogP contribution in [0.25, 0.3) is 0 Å². The summed E-state index contributed by atoms with van der Waals surface area (Å²) in [6.07, 6.45) is 5.63. The molecule has 2 aromatic rings. The minimum atomic E-state index is -3.99. The number of sulfonamides is 1. The van der Waals surface area contributed by atoms with E-state index in [-0.39, 0.29) is 41.1 Å². The van der Waals surface area contributed by atoms with Crippen LogP contribution in [-0.4, -0.2) is 39.9 Å². The van der Waals surface area contributed by atoms with Gasteiger partial charge in [0.1, 0.15) is 10.6 Å². The number of hydrogen-bond acceptors (Lipinski definition) is 5. The molecule has 0 atom stereocenters. The average molecular weight is 474 g/mol. The molecule has 178 valence electrons. The van der Waals surface area contributed by atoms with Crippen LogP contribution in [0, 0.1) is 6.92 Å². The standard InChI is InChI=1S/C24H31N3O5S/c1-17-8-11-20(12-9-17)27-33(30,31)22-16-18(10-13-21(22)32-2)24(29)25-15-14-23(28)26-19-6-4-3-5-7-19/h8-13,16,19,27H,3-7,14-15H2,1-2H3,(H,25,29)(H,26,28). The van der Waals surface area contributed by atoms with Crippen molar-refractivity contribution >= 4 is 27.5 Å². The van der Waals surface area contributed by atoms with Gasteiger partial charge in [0.15, 0.2) is 0 Å². The van der Waals surface area contributed by atoms with Crippen molar-refractivity contribution in [2.45, 2.75) is 56.4 Å². The molecule has 3 N–H and O–H groups in total. The number of nitrogens with one attached hydrogen (secondary N) is 3. The summed E-state index contributed by atoms with van der Waals surface area (Å²) in [5.41, 5.74) is 1.57. The Hall–Kier alpha value is -3.07. The van der Waals surface area contributed by atoms with Crippen LogP contribution in [0.3, 0.4) is 0 Å². The van der Waals surface area contributed by atoms with Crippen molar-refractivity contribution in [2.24, 2.45) is 0 Å². The molecule has 3 rings (SSSR count). The molecule has 0 radical (unpaired) electrons. The number of rotatable bonds is 9. The van der Waals surface area contributed by atoms with Crippen molar-refractivity contribution in [2.75, 3.05) is 18.4 Å². The number of carbonyl (C=O) groups excluding carboxylic acids is 2. The molecule has 8 nitrogen and oxygen atoms in total. The molecule has 0 aliphatic heterocycles. The Morgan fingerprint density at radius 1 is 1.03 bits per heavy atom. The molecule has 33 heavy (non-hydrogen) atoms. The minimum absolute atomic E-state index is 0.0949. The number of methoxy groups -OCH3 is 1. The van der Waals surface area contributed by atoms with E-state index in [1.54, 1.807) is 24.3 Å². The summed E-state index contributed by atoms with van der Waals surface area (Å²) in [4.78, 5) is 24.6. The maximum absolute atomic E-state index is 13.0. The Balaban J connectivity index is 1.63. The van der Waals surface area contributed by atoms with Crippen LogP contribution < -0.4 is 20.1 Å². The van der Waals surface area contributed by atoms with E-state index in [1.807, 2.05) is 6.92 Å². The Morgan fingerprint density at radius 2 is 1.73 bits per heavy atom. The normalized spacial score (nSPS) is 14.4. The summed E-state index contributed by atoms with van der Waals surface area (Å²) in [6, 6.07) is 11.3. The van der Waals surface area contributed by atoms with Crippen LogP contribution >= 0.6 is 0 Å². The topological polar surface area (TPSA) is 114 Å². The number of hydrogen-bond donors (Lipinski definition) is 3. The second kappa shape index (κ2) is 11.2. The van der Waals surface area contributed by atoms with Gasteiger partial charge in [0.05, 0.1) is 7.11 Å². The first kappa shape index (κ1) is 24.6. The number of amides is 2. The fourth-order valence-corrected chi connectivity index (χ4v) is 5.05. The highest BCUT2D eigenvalue weighted by atomic mass is 32.2. The Bertz CT molecular complexity index is 1080. The van der Waals surface area contributed by atoms with Gasteiger partial charge in [0.2, 0.25) is 5.91 Å². The van der Waals surface area contributed by atoms with Crippen molar-refractivity contribution in [3.8, 4) is 5.75 Å². The van der Waals surface area contributed by atoms with Crippen LogP contribution in [0.5, 0.6) is 5.75 Å². The van der Waals surface area contributed by atoms with Crippen LogP contribution in [-0.2, 0) is 14.8 Å². The molecule has 0 saturated heterocycles. The van der Waals surface area contributed by atoms with Gasteiger partial charge < -0.3 is 15.4 Å². The molecule has 1 fully saturated rings. The lowest BCUT2D eigenvalue weighted by molar-refractivity contribution is -0.121. The van der Waals surface area contributed by atoms with Crippen molar-refractivity contribution in [3.05, 3.63) is 53.6 Å². The maximum atomic E-state index is 13.0. The summed E-state index contributed by atoms with van der Waals surface area (Å²) in [7, 11) is -2.63. The summed E-state index contributed by atoms with van der Waals surface area (Å²) >= 11 is 0. The van der Waals surface area contributed by atoms with Crippen molar-refractivity contribution in [1.29, 1.82) is 0 Å². The Labute approximate surface area is 195 Å². The van der Waals surface area contributed by atoms with Gasteiger partial charge in [0.25, 0.3) is 15.9 Å². The van der Waals surface area contributed by atoms with E-state index in [0.29, 0.717) is 5.69 Å². The fraction of sp³-hybridized carbons (Fsp3) is 0.417. The third-order valence-electron chi connectivity index (χ3n) is 5.63. The molecule has 0 unspecified atom stereocenters. The van der Waals surface area contributed by atoms with Crippen molar-refractivity contribution in [1.82, 2.24) is 10.6 Å². The van der Waals surface area contributed by atoms with E-state index < -0.39 is 15.9 Å². The lowest BCUT2D eigenvalue weighted by Gasteiger charge is -2.22. The molecule has 0 aromatic heterocycles. The third kappa shape index (κ3) is 6.95. The van der Waals surface area contributed by atoms with Gasteiger partial charge in [-0.2, -0.15) is 0 Å². The fourth-order valence-electron chi connectivity index (χ4n) is 3.80. The zero-order chi connectivity index (χ0) is 23.8. The van der Waals surface area contributed by atoms with E-state index in [4.69, 9.17) is 4.74 Å². The first-order chi connectivity index (χ1) is 15.8. The van der Waals surface area contributed by atoms with Gasteiger partial charge in [-0.25, -0.2) is 8.42 Å². The smallest absolute Gasteiger partial charge is 0.265 e. The Kier molecular flexibility index (Phi) is 8.32. The molecule has 2 aromatic carbocycles. The highest BCUT2D eigenvalue weighted by molar-refractivity contribution is 7.92. The lowest BCUT2D eigenvalue weighted by Crippen LogP contribution is -2.38. The zero-order valence-corrected chi connectivity index (χ0v) is 19.8. The summed E-state index contributed by atoms with van der Waals surface area (Å²) < 4.78 is 33.6. The largest absolute Gasteiger partial charge is 0.495 e. The number of benzene rings is 2. The van der Waals surface area contributed by atoms with Crippen molar-refractivity contribution in [3.63, 3.8) is 0 Å². The predicted molar refractivity (Wildman–Crippen MR) is 127 cm³/mol. The van der Waals surface area contributed by atoms with Crippen LogP contribution in [0.2, 0.25) is 0 Å². The second-order valence-electron chi connectivity index (χ2n) is 8.25. The molecule has 1 saturated carbocycles. The minimum Gasteiger partial charge on any atom is -0.495 e. The van der Waals surface area contributed by atoms with E-state index in [0.717, 1.165) is 31.2 Å². The predicted octanol–water partition coefficient (Wildman–Crippen LogP) is 3.37. The second-order valence-corrected chi connectivity index (χ2v) is 9.90. The van der Waals surface area contributed by atoms with E-state index in [9.17, 15) is 18.0 Å². The summed E-state index contributed by atoms with van der Waals surface area (Å²) in [5, 5.41) is 5.69. The SMILES string of the molecule is COc1ccc(C(=O)NCCC(=O)NC2CCCCC2)cc1S(=O)(=O)Nc1ccc(C)cc1. The first-order valence-electron chi connectivity index (χ1n) is 11.1. The first-order valence-corrected chi connectivity index (χ1v) is 12.6. The van der Waals surface area contributed by atoms with Crippen LogP contribution in [0.4, 0.5) is 5.69 Å². The molecule has 1 aliphatic rings. The van der Waals surface area contributed by atoms with Gasteiger partial charge >= 0.3 is 0 Å². The van der Waals surface area contributed by atoms with Crippen LogP contribution in [0.15, 0.2) is 47.4 Å². The van der Waals surface area contributed by atoms with Crippen molar-refractivity contribution < 1.29 is 22.7 Å². The molecular formula is C24H31N3O5S. The van der Waals surface area contributed by atoms with Gasteiger partial charge in [-0.05, 0) is 50.1 Å². The van der Waals surface area contributed by atoms with Gasteiger partial charge in [-0.15, -0.1) is 0 Å². The quantitative estimate of drug-likeness (QED) is 0.517. The molecule has 0 bridgehead atoms. The molecular weight excluding hydrogens is 442 g/mol. The highest BCUT2D eigenvalue weighted by Gasteiger charge is 2.22. The molecule has 0 heterocycles. The van der Waals surface area contributed by atoms with Gasteiger partial charge in [0, 0.05) is 30.3 Å². The van der Waals surface area contributed by atoms with Crippen LogP contribution in [0.1, 0.15) is 54.4 Å². The number of anilines is 1. The van der Waals surface area contributed by atoms with E-state index >= 15 is 0 Å². The molecule has 0 spiro atoms. The average Bonchev–Trinajstić information content (AvgIpc) is 2.80. The van der Waals surface area contributed by atoms with E-state index in [1.165, 1.54) is 31.7 Å². The maximum Gasteiger partial charge on any atom is 0.265 e. The van der Waals surface area contributed by atoms with E-state index in [2.05, 4.69) is 15.4 Å². The third-order valence-corrected chi connectivity index (χ3v) is 7.03. The number of carbonyl (C=O) groups is 2. The van der Waals surface area contributed by atoms with Gasteiger partial charge in [-0.1, -0.05) is 37.0 Å².